The number of anilines is 1. The molecule has 24 heavy (non-hydrogen) atoms. The third kappa shape index (κ3) is 4.60. The van der Waals surface area contributed by atoms with Crippen LogP contribution in [0.15, 0.2) is 52.8 Å². The predicted molar refractivity (Wildman–Crippen MR) is 85.7 cm³/mol. The van der Waals surface area contributed by atoms with Gasteiger partial charge in [-0.05, 0) is 30.3 Å². The number of nitrogens with one attached hydrogen (secondary N) is 1. The van der Waals surface area contributed by atoms with E-state index in [4.69, 9.17) is 5.14 Å². The van der Waals surface area contributed by atoms with E-state index in [9.17, 15) is 25.6 Å². The van der Waals surface area contributed by atoms with Crippen LogP contribution in [0.2, 0.25) is 0 Å². The van der Waals surface area contributed by atoms with Gasteiger partial charge in [0.05, 0.1) is 11.1 Å². The Kier molecular flexibility index (Phi) is 5.02. The Bertz CT molecular complexity index is 1000. The molecule has 0 aliphatic heterocycles. The average molecular weight is 374 g/mol. The van der Waals surface area contributed by atoms with Gasteiger partial charge in [-0.1, -0.05) is 18.2 Å². The van der Waals surface area contributed by atoms with E-state index < -0.39 is 42.3 Å². The molecule has 0 saturated carbocycles. The maximum atomic E-state index is 13.5. The maximum Gasteiger partial charge on any atom is 0.255 e. The van der Waals surface area contributed by atoms with Crippen LogP contribution in [-0.4, -0.2) is 16.8 Å². The van der Waals surface area contributed by atoms with Gasteiger partial charge < -0.3 is 0 Å². The third-order valence-electron chi connectivity index (χ3n) is 2.83. The zero-order valence-electron chi connectivity index (χ0n) is 12.0. The Labute approximate surface area is 137 Å². The Morgan fingerprint density at radius 1 is 1.00 bits per heavy atom. The van der Waals surface area contributed by atoms with Crippen molar-refractivity contribution < 1.29 is 25.6 Å². The minimum absolute atomic E-state index is 0.00814. The summed E-state index contributed by atoms with van der Waals surface area (Å²) in [5, 5.41) is 5.59. The van der Waals surface area contributed by atoms with E-state index in [0.717, 1.165) is 24.3 Å². The van der Waals surface area contributed by atoms with Crippen LogP contribution >= 0.6 is 0 Å². The highest BCUT2D eigenvalue weighted by Gasteiger charge is 2.18. The lowest BCUT2D eigenvalue weighted by molar-refractivity contribution is 0.597. The largest absolute Gasteiger partial charge is 0.279 e. The van der Waals surface area contributed by atoms with E-state index in [-0.39, 0.29) is 5.56 Å². The third-order valence-corrected chi connectivity index (χ3v) is 4.80. The van der Waals surface area contributed by atoms with Crippen molar-refractivity contribution in [1.29, 1.82) is 0 Å². The summed E-state index contributed by atoms with van der Waals surface area (Å²) in [6.07, 6.45) is 0.980. The van der Waals surface area contributed by atoms with Crippen molar-refractivity contribution >= 4 is 31.8 Å². The molecule has 0 heterocycles. The van der Waals surface area contributed by atoms with Crippen molar-refractivity contribution in [2.75, 3.05) is 4.72 Å². The number of sulfonamides is 2. The van der Waals surface area contributed by atoms with E-state index >= 15 is 0 Å². The van der Waals surface area contributed by atoms with Gasteiger partial charge in [-0.15, -0.1) is 0 Å². The summed E-state index contributed by atoms with van der Waals surface area (Å²) in [5.74, 6) is -1.50. The summed E-state index contributed by atoms with van der Waals surface area (Å²) >= 11 is 0. The standard InChI is InChI=1S/C14H12F2N2O4S2/c15-11-5-6-14(24(17,21)22)13(9-11)18-23(19,20)8-7-10-3-1-2-4-12(10)16/h1-9,18H,(H2,17,21,22)/b8-7+. The first-order valence-corrected chi connectivity index (χ1v) is 9.45. The molecule has 3 N–H and O–H groups in total. The van der Waals surface area contributed by atoms with E-state index in [1.807, 2.05) is 4.72 Å². The van der Waals surface area contributed by atoms with Gasteiger partial charge in [-0.25, -0.2) is 30.8 Å². The van der Waals surface area contributed by atoms with Gasteiger partial charge in [0.2, 0.25) is 10.0 Å². The lowest BCUT2D eigenvalue weighted by atomic mass is 10.2. The molecule has 2 rings (SSSR count). The highest BCUT2D eigenvalue weighted by molar-refractivity contribution is 7.95. The zero-order valence-corrected chi connectivity index (χ0v) is 13.6. The van der Waals surface area contributed by atoms with Crippen LogP contribution in [0.3, 0.4) is 0 Å². The number of nitrogens with two attached hydrogens (primary N) is 1. The monoisotopic (exact) mass is 374 g/mol. The summed E-state index contributed by atoms with van der Waals surface area (Å²) in [6, 6.07) is 7.77. The first-order chi connectivity index (χ1) is 11.1. The lowest BCUT2D eigenvalue weighted by Gasteiger charge is -2.09. The molecule has 2 aromatic carbocycles. The average Bonchev–Trinajstić information content (AvgIpc) is 2.44. The van der Waals surface area contributed by atoms with Crippen molar-refractivity contribution in [2.45, 2.75) is 4.90 Å². The fraction of sp³-hybridized carbons (Fsp3) is 0. The summed E-state index contributed by atoms with van der Waals surface area (Å²) in [4.78, 5) is -0.591. The summed E-state index contributed by atoms with van der Waals surface area (Å²) in [5.41, 5.74) is -0.538. The van der Waals surface area contributed by atoms with Crippen molar-refractivity contribution in [1.82, 2.24) is 0 Å². The molecule has 0 unspecified atom stereocenters. The second kappa shape index (κ2) is 6.67. The predicted octanol–water partition coefficient (Wildman–Crippen LogP) is 2.02. The normalized spacial score (nSPS) is 12.5. The van der Waals surface area contributed by atoms with Gasteiger partial charge >= 0.3 is 0 Å². The Morgan fingerprint density at radius 3 is 2.29 bits per heavy atom. The number of halogens is 2. The lowest BCUT2D eigenvalue weighted by Crippen LogP contribution is -2.17. The van der Waals surface area contributed by atoms with Crippen LogP contribution in [0, 0.1) is 11.6 Å². The van der Waals surface area contributed by atoms with Crippen molar-refractivity contribution in [3.8, 4) is 0 Å². The molecule has 0 amide bonds. The Morgan fingerprint density at radius 2 is 1.67 bits per heavy atom. The van der Waals surface area contributed by atoms with E-state index in [2.05, 4.69) is 0 Å². The van der Waals surface area contributed by atoms with Crippen molar-refractivity contribution in [2.24, 2.45) is 5.14 Å². The molecule has 0 aromatic heterocycles. The fourth-order valence-electron chi connectivity index (χ4n) is 1.79. The molecule has 0 atom stereocenters. The van der Waals surface area contributed by atoms with E-state index in [1.165, 1.54) is 18.2 Å². The quantitative estimate of drug-likeness (QED) is 0.835. The van der Waals surface area contributed by atoms with Crippen LogP contribution in [0.4, 0.5) is 14.5 Å². The minimum atomic E-state index is -4.27. The number of benzene rings is 2. The molecule has 0 radical (unpaired) electrons. The molecule has 128 valence electrons. The van der Waals surface area contributed by atoms with Gasteiger partial charge in [0.25, 0.3) is 10.0 Å². The fourth-order valence-corrected chi connectivity index (χ4v) is 3.40. The first kappa shape index (κ1) is 18.0. The Hall–Kier alpha value is -2.30. The molecule has 2 aromatic rings. The maximum absolute atomic E-state index is 13.5. The second-order valence-electron chi connectivity index (χ2n) is 4.66. The van der Waals surface area contributed by atoms with Gasteiger partial charge in [-0.2, -0.15) is 0 Å². The summed E-state index contributed by atoms with van der Waals surface area (Å²) in [6.45, 7) is 0. The highest BCUT2D eigenvalue weighted by atomic mass is 32.2. The molecule has 0 saturated heterocycles. The molecule has 0 aliphatic carbocycles. The number of rotatable bonds is 5. The molecular formula is C14H12F2N2O4S2. The molecule has 6 nitrogen and oxygen atoms in total. The summed E-state index contributed by atoms with van der Waals surface area (Å²) in [7, 11) is -8.51. The highest BCUT2D eigenvalue weighted by Crippen LogP contribution is 2.23. The molecule has 0 aliphatic rings. The minimum Gasteiger partial charge on any atom is -0.279 e. The Balaban J connectivity index is 2.37. The van der Waals surface area contributed by atoms with Gasteiger partial charge in [-0.3, -0.25) is 4.72 Å². The number of primary sulfonamides is 1. The van der Waals surface area contributed by atoms with Crippen molar-refractivity contribution in [3.05, 3.63) is 65.1 Å². The molecule has 0 bridgehead atoms. The van der Waals surface area contributed by atoms with Gasteiger partial charge in [0.15, 0.2) is 0 Å². The van der Waals surface area contributed by atoms with E-state index in [0.29, 0.717) is 11.5 Å². The first-order valence-electron chi connectivity index (χ1n) is 6.36. The smallest absolute Gasteiger partial charge is 0.255 e. The molecule has 10 heteroatoms. The number of hydrogen-bond donors (Lipinski definition) is 2. The molecule has 0 spiro atoms. The second-order valence-corrected chi connectivity index (χ2v) is 7.75. The van der Waals surface area contributed by atoms with Gasteiger partial charge in [0.1, 0.15) is 16.5 Å². The van der Waals surface area contributed by atoms with Crippen LogP contribution in [0.1, 0.15) is 5.56 Å². The molecule has 0 fully saturated rings. The van der Waals surface area contributed by atoms with Crippen LogP contribution < -0.4 is 9.86 Å². The summed E-state index contributed by atoms with van der Waals surface area (Å²) < 4.78 is 75.5. The van der Waals surface area contributed by atoms with Crippen LogP contribution in [0.5, 0.6) is 0 Å². The SMILES string of the molecule is NS(=O)(=O)c1ccc(F)cc1NS(=O)(=O)/C=C/c1ccccc1F. The van der Waals surface area contributed by atoms with Crippen molar-refractivity contribution in [3.63, 3.8) is 0 Å². The molecular weight excluding hydrogens is 362 g/mol. The van der Waals surface area contributed by atoms with Crippen LogP contribution in [-0.2, 0) is 20.0 Å². The topological polar surface area (TPSA) is 106 Å². The van der Waals surface area contributed by atoms with Crippen LogP contribution in [0.25, 0.3) is 6.08 Å². The number of hydrogen-bond acceptors (Lipinski definition) is 4. The zero-order chi connectivity index (χ0) is 18.0. The van der Waals surface area contributed by atoms with E-state index in [1.54, 1.807) is 0 Å². The van der Waals surface area contributed by atoms with Gasteiger partial charge in [0, 0.05) is 5.56 Å².